The second-order valence-electron chi connectivity index (χ2n) is 6.35. The summed E-state index contributed by atoms with van der Waals surface area (Å²) < 4.78 is 28.3. The molecule has 1 aliphatic heterocycles. The fourth-order valence-corrected chi connectivity index (χ4v) is 4.77. The Morgan fingerprint density at radius 1 is 1.37 bits per heavy atom. The first kappa shape index (κ1) is 19.0. The molecule has 3 heterocycles. The molecule has 2 aromatic heterocycles. The van der Waals surface area contributed by atoms with Crippen LogP contribution in [0.5, 0.6) is 0 Å². The van der Waals surface area contributed by atoms with Crippen LogP contribution in [0.4, 0.5) is 5.82 Å². The monoisotopic (exact) mass is 392 g/mol. The number of hydrogen-bond donors (Lipinski definition) is 1. The maximum absolute atomic E-state index is 12.8. The van der Waals surface area contributed by atoms with Gasteiger partial charge in [-0.1, -0.05) is 5.16 Å². The third-order valence-corrected chi connectivity index (χ3v) is 6.11. The molecule has 0 spiro atoms. The molecule has 2 amide bonds. The van der Waals surface area contributed by atoms with E-state index in [-0.39, 0.29) is 34.6 Å². The van der Waals surface area contributed by atoms with E-state index in [2.05, 4.69) is 15.5 Å². The van der Waals surface area contributed by atoms with E-state index in [1.165, 1.54) is 23.2 Å². The molecule has 3 rings (SSSR count). The minimum atomic E-state index is -3.11. The van der Waals surface area contributed by atoms with E-state index in [1.807, 2.05) is 0 Å². The smallest absolute Gasteiger partial charge is 0.272 e. The maximum Gasteiger partial charge on any atom is 0.272 e. The van der Waals surface area contributed by atoms with Gasteiger partial charge in [-0.2, -0.15) is 0 Å². The van der Waals surface area contributed by atoms with Crippen molar-refractivity contribution >= 4 is 27.5 Å². The molecule has 0 bridgehead atoms. The third-order valence-electron chi connectivity index (χ3n) is 4.36. The first-order valence-corrected chi connectivity index (χ1v) is 10.3. The van der Waals surface area contributed by atoms with Crippen LogP contribution >= 0.6 is 0 Å². The van der Waals surface area contributed by atoms with Crippen molar-refractivity contribution < 1.29 is 22.5 Å². The van der Waals surface area contributed by atoms with Crippen LogP contribution in [-0.2, 0) is 9.84 Å². The number of aromatic nitrogens is 2. The molecule has 1 atom stereocenters. The van der Waals surface area contributed by atoms with Gasteiger partial charge in [0.25, 0.3) is 11.8 Å². The summed E-state index contributed by atoms with van der Waals surface area (Å²) in [5, 5.41) is 6.27. The van der Waals surface area contributed by atoms with Gasteiger partial charge in [-0.25, -0.2) is 8.42 Å². The fourth-order valence-electron chi connectivity index (χ4n) is 3.04. The molecule has 1 N–H and O–H groups in total. The molecule has 2 aromatic rings. The Hall–Kier alpha value is -2.75. The number of carbonyl (C=O) groups is 2. The van der Waals surface area contributed by atoms with Crippen LogP contribution in [0.25, 0.3) is 0 Å². The van der Waals surface area contributed by atoms with Crippen molar-refractivity contribution in [1.82, 2.24) is 15.0 Å². The van der Waals surface area contributed by atoms with Crippen LogP contribution in [0.2, 0.25) is 0 Å². The lowest BCUT2D eigenvalue weighted by molar-refractivity contribution is 0.0702. The molecular formula is C17H20N4O5S. The van der Waals surface area contributed by atoms with Crippen LogP contribution in [0.3, 0.4) is 0 Å². The van der Waals surface area contributed by atoms with Crippen LogP contribution in [0.15, 0.2) is 28.9 Å². The van der Waals surface area contributed by atoms with E-state index in [9.17, 15) is 18.0 Å². The van der Waals surface area contributed by atoms with Crippen LogP contribution in [-0.4, -0.2) is 59.4 Å². The van der Waals surface area contributed by atoms with E-state index < -0.39 is 21.7 Å². The number of carbonyl (C=O) groups excluding carboxylic acids is 2. The molecule has 0 aromatic carbocycles. The van der Waals surface area contributed by atoms with Crippen molar-refractivity contribution in [1.29, 1.82) is 0 Å². The lowest BCUT2D eigenvalue weighted by atomic mass is 10.1. The molecule has 1 saturated heterocycles. The normalized spacial score (nSPS) is 18.2. The Morgan fingerprint density at radius 2 is 2.15 bits per heavy atom. The molecule has 1 unspecified atom stereocenters. The summed E-state index contributed by atoms with van der Waals surface area (Å²) in [5.74, 6) is 0.0134. The van der Waals surface area contributed by atoms with Crippen LogP contribution in [0, 0.1) is 6.92 Å². The average molecular weight is 392 g/mol. The summed E-state index contributed by atoms with van der Waals surface area (Å²) in [6.45, 7) is 3.84. The Bertz CT molecular complexity index is 969. The molecule has 1 fully saturated rings. The first-order chi connectivity index (χ1) is 12.8. The number of nitrogens with one attached hydrogen (secondary N) is 1. The second-order valence-corrected chi connectivity index (χ2v) is 8.58. The van der Waals surface area contributed by atoms with E-state index >= 15 is 0 Å². The zero-order valence-electron chi connectivity index (χ0n) is 15.0. The van der Waals surface area contributed by atoms with Gasteiger partial charge in [0.15, 0.2) is 15.7 Å². The van der Waals surface area contributed by atoms with Crippen molar-refractivity contribution in [3.63, 3.8) is 0 Å². The lowest BCUT2D eigenvalue weighted by Gasteiger charge is -2.26. The third kappa shape index (κ3) is 4.33. The molecule has 9 nitrogen and oxygen atoms in total. The Kier molecular flexibility index (Phi) is 5.26. The number of rotatable bonds is 5. The number of sulfone groups is 1. The van der Waals surface area contributed by atoms with Crippen LogP contribution in [0.1, 0.15) is 40.0 Å². The minimum absolute atomic E-state index is 0.0434. The van der Waals surface area contributed by atoms with Gasteiger partial charge in [0, 0.05) is 30.4 Å². The number of amides is 2. The quantitative estimate of drug-likeness (QED) is 0.813. The van der Waals surface area contributed by atoms with Gasteiger partial charge in [0.1, 0.15) is 11.5 Å². The van der Waals surface area contributed by atoms with Gasteiger partial charge < -0.3 is 14.7 Å². The number of hydrogen-bond acceptors (Lipinski definition) is 7. The fraction of sp³-hybridized carbons (Fsp3) is 0.412. The average Bonchev–Trinajstić information content (AvgIpc) is 3.20. The minimum Gasteiger partial charge on any atom is -0.360 e. The summed E-state index contributed by atoms with van der Waals surface area (Å²) >= 11 is 0. The molecule has 0 radical (unpaired) electrons. The highest BCUT2D eigenvalue weighted by Gasteiger charge is 2.34. The SMILES string of the molecule is CCN(C(=O)c1cc(C(=O)Nc2cc(C)on2)ccn1)C1CCS(=O)(=O)C1. The second kappa shape index (κ2) is 7.47. The summed E-state index contributed by atoms with van der Waals surface area (Å²) in [5.41, 5.74) is 0.328. The zero-order chi connectivity index (χ0) is 19.6. The predicted octanol–water partition coefficient (Wildman–Crippen LogP) is 1.28. The standard InChI is InChI=1S/C17H20N4O5S/c1-3-21(13-5-7-27(24,25)10-13)17(23)14-9-12(4-6-18-14)16(22)19-15-8-11(2)26-20-15/h4,6,8-9,13H,3,5,7,10H2,1-2H3,(H,19,20,22). The molecule has 144 valence electrons. The summed E-state index contributed by atoms with van der Waals surface area (Å²) in [7, 11) is -3.11. The van der Waals surface area contributed by atoms with Crippen LogP contribution < -0.4 is 5.32 Å². The molecule has 10 heteroatoms. The largest absolute Gasteiger partial charge is 0.360 e. The van der Waals surface area contributed by atoms with E-state index in [1.54, 1.807) is 19.9 Å². The number of nitrogens with zero attached hydrogens (tertiary/aromatic N) is 3. The highest BCUT2D eigenvalue weighted by Crippen LogP contribution is 2.20. The van der Waals surface area contributed by atoms with Crippen molar-refractivity contribution in [3.05, 3.63) is 41.4 Å². The number of aryl methyl sites for hydroxylation is 1. The highest BCUT2D eigenvalue weighted by molar-refractivity contribution is 7.91. The molecule has 0 aliphatic carbocycles. The van der Waals surface area contributed by atoms with E-state index in [0.29, 0.717) is 18.7 Å². The predicted molar refractivity (Wildman–Crippen MR) is 97.2 cm³/mol. The van der Waals surface area contributed by atoms with Gasteiger partial charge in [-0.15, -0.1) is 0 Å². The van der Waals surface area contributed by atoms with Gasteiger partial charge in [0.05, 0.1) is 11.5 Å². The van der Waals surface area contributed by atoms with Crippen molar-refractivity contribution in [2.45, 2.75) is 26.3 Å². The first-order valence-electron chi connectivity index (χ1n) is 8.51. The summed E-state index contributed by atoms with van der Waals surface area (Å²) in [4.78, 5) is 30.7. The van der Waals surface area contributed by atoms with Gasteiger partial charge in [-0.3, -0.25) is 14.6 Å². The molecule has 0 saturated carbocycles. The van der Waals surface area contributed by atoms with Gasteiger partial charge >= 0.3 is 0 Å². The highest BCUT2D eigenvalue weighted by atomic mass is 32.2. The topological polar surface area (TPSA) is 122 Å². The Morgan fingerprint density at radius 3 is 2.74 bits per heavy atom. The number of anilines is 1. The van der Waals surface area contributed by atoms with Crippen molar-refractivity contribution in [3.8, 4) is 0 Å². The summed E-state index contributed by atoms with van der Waals surface area (Å²) in [6.07, 6.45) is 1.78. The van der Waals surface area contributed by atoms with Crippen molar-refractivity contribution in [2.75, 3.05) is 23.4 Å². The molecule has 1 aliphatic rings. The lowest BCUT2D eigenvalue weighted by Crippen LogP contribution is -2.41. The maximum atomic E-state index is 12.8. The van der Waals surface area contributed by atoms with Crippen molar-refractivity contribution in [2.24, 2.45) is 0 Å². The Labute approximate surface area is 156 Å². The number of pyridine rings is 1. The van der Waals surface area contributed by atoms with Gasteiger partial charge in [0.2, 0.25) is 0 Å². The summed E-state index contributed by atoms with van der Waals surface area (Å²) in [6, 6.07) is 4.07. The Balaban J connectivity index is 1.77. The zero-order valence-corrected chi connectivity index (χ0v) is 15.8. The molecular weight excluding hydrogens is 372 g/mol. The van der Waals surface area contributed by atoms with Gasteiger partial charge in [-0.05, 0) is 32.4 Å². The molecule has 27 heavy (non-hydrogen) atoms. The van der Waals surface area contributed by atoms with E-state index in [4.69, 9.17) is 4.52 Å². The van der Waals surface area contributed by atoms with E-state index in [0.717, 1.165) is 0 Å².